The standard InChI is InChI=1S/C21H19N5S/c1-13(16-9-6-10-17(22)11-16)25-26-20-18-12-19(15-7-4-3-5-8-15)27-21(18)24-14(2)23-20/h3-12H,22H2,1-2H3,(H,23,24,26)/b25-13+. The number of anilines is 2. The Morgan fingerprint density at radius 3 is 2.63 bits per heavy atom. The van der Waals surface area contributed by atoms with Crippen LogP contribution in [0.25, 0.3) is 20.7 Å². The molecule has 4 aromatic rings. The molecule has 0 unspecified atom stereocenters. The Hall–Kier alpha value is -3.25. The number of nitrogens with one attached hydrogen (secondary N) is 1. The van der Waals surface area contributed by atoms with Gasteiger partial charge in [0, 0.05) is 10.6 Å². The molecule has 5 nitrogen and oxygen atoms in total. The van der Waals surface area contributed by atoms with Gasteiger partial charge >= 0.3 is 0 Å². The molecule has 2 aromatic carbocycles. The smallest absolute Gasteiger partial charge is 0.158 e. The van der Waals surface area contributed by atoms with Crippen molar-refractivity contribution in [1.82, 2.24) is 9.97 Å². The summed E-state index contributed by atoms with van der Waals surface area (Å²) in [5.41, 5.74) is 12.7. The molecule has 0 radical (unpaired) electrons. The van der Waals surface area contributed by atoms with E-state index in [1.165, 1.54) is 5.56 Å². The van der Waals surface area contributed by atoms with Crippen LogP contribution in [-0.4, -0.2) is 15.7 Å². The van der Waals surface area contributed by atoms with Crippen LogP contribution in [0.2, 0.25) is 0 Å². The molecule has 2 heterocycles. The van der Waals surface area contributed by atoms with Gasteiger partial charge in [-0.05, 0) is 43.2 Å². The van der Waals surface area contributed by atoms with E-state index in [4.69, 9.17) is 5.73 Å². The minimum Gasteiger partial charge on any atom is -0.399 e. The summed E-state index contributed by atoms with van der Waals surface area (Å²) in [4.78, 5) is 11.2. The summed E-state index contributed by atoms with van der Waals surface area (Å²) in [6.45, 7) is 3.83. The molecule has 6 heteroatoms. The summed E-state index contributed by atoms with van der Waals surface area (Å²) in [5.74, 6) is 1.42. The lowest BCUT2D eigenvalue weighted by molar-refractivity contribution is 1.08. The molecule has 0 aliphatic rings. The normalized spacial score (nSPS) is 11.7. The topological polar surface area (TPSA) is 76.2 Å². The summed E-state index contributed by atoms with van der Waals surface area (Å²) < 4.78 is 0. The van der Waals surface area contributed by atoms with Gasteiger partial charge in [-0.3, -0.25) is 5.43 Å². The molecule has 2 aromatic heterocycles. The molecule has 0 aliphatic carbocycles. The van der Waals surface area contributed by atoms with E-state index in [0.717, 1.165) is 26.4 Å². The van der Waals surface area contributed by atoms with E-state index >= 15 is 0 Å². The van der Waals surface area contributed by atoms with Crippen molar-refractivity contribution in [2.75, 3.05) is 11.2 Å². The van der Waals surface area contributed by atoms with Crippen LogP contribution >= 0.6 is 11.3 Å². The van der Waals surface area contributed by atoms with Crippen LogP contribution in [0.1, 0.15) is 18.3 Å². The van der Waals surface area contributed by atoms with Crippen molar-refractivity contribution >= 4 is 38.8 Å². The van der Waals surface area contributed by atoms with Gasteiger partial charge in [-0.2, -0.15) is 5.10 Å². The fourth-order valence-corrected chi connectivity index (χ4v) is 3.91. The van der Waals surface area contributed by atoms with E-state index in [0.29, 0.717) is 17.3 Å². The highest BCUT2D eigenvalue weighted by Gasteiger charge is 2.11. The van der Waals surface area contributed by atoms with Crippen molar-refractivity contribution in [2.45, 2.75) is 13.8 Å². The molecule has 0 saturated carbocycles. The van der Waals surface area contributed by atoms with E-state index in [-0.39, 0.29) is 0 Å². The van der Waals surface area contributed by atoms with E-state index in [1.807, 2.05) is 56.3 Å². The molecule has 4 rings (SSSR count). The maximum Gasteiger partial charge on any atom is 0.158 e. The molecule has 0 saturated heterocycles. The fourth-order valence-electron chi connectivity index (χ4n) is 2.82. The molecule has 0 amide bonds. The number of fused-ring (bicyclic) bond motifs is 1. The van der Waals surface area contributed by atoms with E-state index < -0.39 is 0 Å². The third-order valence-corrected chi connectivity index (χ3v) is 5.27. The largest absolute Gasteiger partial charge is 0.399 e. The molecule has 27 heavy (non-hydrogen) atoms. The van der Waals surface area contributed by atoms with E-state index in [9.17, 15) is 0 Å². The van der Waals surface area contributed by atoms with Crippen LogP contribution in [0.3, 0.4) is 0 Å². The van der Waals surface area contributed by atoms with Crippen molar-refractivity contribution in [2.24, 2.45) is 5.10 Å². The Labute approximate surface area is 161 Å². The first kappa shape index (κ1) is 17.2. The van der Waals surface area contributed by atoms with Gasteiger partial charge in [-0.1, -0.05) is 42.5 Å². The average molecular weight is 373 g/mol. The third-order valence-electron chi connectivity index (χ3n) is 4.20. The van der Waals surface area contributed by atoms with Crippen LogP contribution in [0.4, 0.5) is 11.5 Å². The third kappa shape index (κ3) is 3.66. The molecule has 0 spiro atoms. The minimum atomic E-state index is 0.708. The average Bonchev–Trinajstić information content (AvgIpc) is 3.10. The Morgan fingerprint density at radius 1 is 1.04 bits per heavy atom. The van der Waals surface area contributed by atoms with Crippen LogP contribution in [0.15, 0.2) is 65.8 Å². The van der Waals surface area contributed by atoms with Gasteiger partial charge in [-0.15, -0.1) is 11.3 Å². The van der Waals surface area contributed by atoms with Crippen LogP contribution in [0.5, 0.6) is 0 Å². The second kappa shape index (κ2) is 7.17. The SMILES string of the molecule is C/C(=N\Nc1nc(C)nc2sc(-c3ccccc3)cc12)c1cccc(N)c1. The van der Waals surface area contributed by atoms with Gasteiger partial charge in [0.25, 0.3) is 0 Å². The molecular weight excluding hydrogens is 354 g/mol. The maximum atomic E-state index is 5.86. The van der Waals surface area contributed by atoms with Crippen molar-refractivity contribution in [3.05, 3.63) is 72.1 Å². The Balaban J connectivity index is 1.71. The Bertz CT molecular complexity index is 1130. The number of nitrogen functional groups attached to an aromatic ring is 1. The molecule has 0 aliphatic heterocycles. The van der Waals surface area contributed by atoms with Gasteiger partial charge < -0.3 is 5.73 Å². The summed E-state index contributed by atoms with van der Waals surface area (Å²) in [6.07, 6.45) is 0. The number of hydrogen-bond donors (Lipinski definition) is 2. The minimum absolute atomic E-state index is 0.708. The molecule has 0 bridgehead atoms. The molecular formula is C21H19N5S. The highest BCUT2D eigenvalue weighted by atomic mass is 32.1. The number of nitrogens with two attached hydrogens (primary N) is 1. The lowest BCUT2D eigenvalue weighted by Crippen LogP contribution is -2.03. The van der Waals surface area contributed by atoms with Crippen LogP contribution < -0.4 is 11.2 Å². The number of benzene rings is 2. The first-order valence-electron chi connectivity index (χ1n) is 8.60. The lowest BCUT2D eigenvalue weighted by Gasteiger charge is -2.05. The summed E-state index contributed by atoms with van der Waals surface area (Å²) in [6, 6.07) is 20.1. The highest BCUT2D eigenvalue weighted by molar-refractivity contribution is 7.21. The summed E-state index contributed by atoms with van der Waals surface area (Å²) >= 11 is 1.66. The number of nitrogens with zero attached hydrogens (tertiary/aromatic N) is 3. The zero-order valence-electron chi connectivity index (χ0n) is 15.1. The maximum absolute atomic E-state index is 5.86. The van der Waals surface area contributed by atoms with Crippen molar-refractivity contribution in [3.63, 3.8) is 0 Å². The Kier molecular flexibility index (Phi) is 4.56. The van der Waals surface area contributed by atoms with E-state index in [2.05, 4.69) is 38.7 Å². The number of thiophene rings is 1. The number of hydrazone groups is 1. The van der Waals surface area contributed by atoms with E-state index in [1.54, 1.807) is 11.3 Å². The predicted molar refractivity (Wildman–Crippen MR) is 114 cm³/mol. The second-order valence-electron chi connectivity index (χ2n) is 6.25. The molecule has 134 valence electrons. The first-order valence-corrected chi connectivity index (χ1v) is 9.41. The summed E-state index contributed by atoms with van der Waals surface area (Å²) in [7, 11) is 0. The van der Waals surface area contributed by atoms with Gasteiger partial charge in [0.05, 0.1) is 11.1 Å². The van der Waals surface area contributed by atoms with Gasteiger partial charge in [0.2, 0.25) is 0 Å². The molecule has 0 fully saturated rings. The summed E-state index contributed by atoms with van der Waals surface area (Å²) in [5, 5.41) is 5.47. The number of aryl methyl sites for hydroxylation is 1. The van der Waals surface area contributed by atoms with Crippen molar-refractivity contribution < 1.29 is 0 Å². The monoisotopic (exact) mass is 373 g/mol. The molecule has 3 N–H and O–H groups in total. The zero-order valence-corrected chi connectivity index (χ0v) is 15.9. The number of hydrogen-bond acceptors (Lipinski definition) is 6. The second-order valence-corrected chi connectivity index (χ2v) is 7.28. The van der Waals surface area contributed by atoms with Crippen LogP contribution in [-0.2, 0) is 0 Å². The van der Waals surface area contributed by atoms with Gasteiger partial charge in [0.1, 0.15) is 10.7 Å². The molecule has 0 atom stereocenters. The number of rotatable bonds is 4. The quantitative estimate of drug-likeness (QED) is 0.297. The van der Waals surface area contributed by atoms with Crippen LogP contribution in [0, 0.1) is 6.92 Å². The van der Waals surface area contributed by atoms with Gasteiger partial charge in [0.15, 0.2) is 5.82 Å². The fraction of sp³-hybridized carbons (Fsp3) is 0.0952. The van der Waals surface area contributed by atoms with Gasteiger partial charge in [-0.25, -0.2) is 9.97 Å². The van der Waals surface area contributed by atoms with Crippen molar-refractivity contribution in [1.29, 1.82) is 0 Å². The predicted octanol–water partition coefficient (Wildman–Crippen LogP) is 5.09. The lowest BCUT2D eigenvalue weighted by atomic mass is 10.1. The number of aromatic nitrogens is 2. The van der Waals surface area contributed by atoms with Crippen molar-refractivity contribution in [3.8, 4) is 10.4 Å². The Morgan fingerprint density at radius 2 is 1.85 bits per heavy atom. The highest BCUT2D eigenvalue weighted by Crippen LogP contribution is 2.35. The first-order chi connectivity index (χ1) is 13.1. The zero-order chi connectivity index (χ0) is 18.8.